The van der Waals surface area contributed by atoms with Crippen molar-refractivity contribution in [2.45, 2.75) is 0 Å². The van der Waals surface area contributed by atoms with E-state index in [0.29, 0.717) is 17.0 Å². The van der Waals surface area contributed by atoms with E-state index < -0.39 is 5.97 Å². The van der Waals surface area contributed by atoms with Crippen LogP contribution in [0.15, 0.2) is 47.4 Å². The van der Waals surface area contributed by atoms with Crippen LogP contribution in [0.1, 0.15) is 16.2 Å². The van der Waals surface area contributed by atoms with Gasteiger partial charge < -0.3 is 4.74 Å². The Bertz CT molecular complexity index is 886. The molecule has 0 spiro atoms. The molecule has 3 aromatic rings. The maximum Gasteiger partial charge on any atom is 0.341 e. The Hall–Kier alpha value is -2.47. The van der Waals surface area contributed by atoms with Gasteiger partial charge in [0.2, 0.25) is 0 Å². The van der Waals surface area contributed by atoms with E-state index in [1.54, 1.807) is 16.7 Å². The zero-order chi connectivity index (χ0) is 15.7. The number of pyridine rings is 1. The smallest absolute Gasteiger partial charge is 0.341 e. The molecule has 6 heteroatoms. The monoisotopic (exact) mass is 357 g/mol. The largest absolute Gasteiger partial charge is 0.465 e. The highest BCUT2D eigenvalue weighted by atomic mass is 79.9. The Morgan fingerprint density at radius 2 is 2.18 bits per heavy atom. The fraction of sp³-hybridized carbons (Fsp3) is 0.0625. The molecule has 0 fully saturated rings. The maximum absolute atomic E-state index is 11.9. The standard InChI is InChI=1S/C16H12BrN3O2/c1-3-14-18-15-12(16(21)22-2)7-8-13(20(15)19-14)10-5-4-6-11(17)9-10/h3-9H,1H2,2H3. The summed E-state index contributed by atoms with van der Waals surface area (Å²) in [5.74, 6) is 0.00130. The molecule has 0 amide bonds. The summed E-state index contributed by atoms with van der Waals surface area (Å²) in [5.41, 5.74) is 2.59. The molecule has 0 aliphatic rings. The van der Waals surface area contributed by atoms with Crippen LogP contribution in [0.3, 0.4) is 0 Å². The van der Waals surface area contributed by atoms with Crippen molar-refractivity contribution in [2.24, 2.45) is 0 Å². The Morgan fingerprint density at radius 1 is 1.36 bits per heavy atom. The molecule has 0 unspecified atom stereocenters. The van der Waals surface area contributed by atoms with Gasteiger partial charge in [-0.1, -0.05) is 34.6 Å². The van der Waals surface area contributed by atoms with Gasteiger partial charge in [0.25, 0.3) is 0 Å². The van der Waals surface area contributed by atoms with Gasteiger partial charge in [-0.25, -0.2) is 14.3 Å². The number of ether oxygens (including phenoxy) is 1. The van der Waals surface area contributed by atoms with Crippen LogP contribution in [0.5, 0.6) is 0 Å². The number of nitrogens with zero attached hydrogens (tertiary/aromatic N) is 3. The number of halogens is 1. The minimum atomic E-state index is -0.450. The lowest BCUT2D eigenvalue weighted by Crippen LogP contribution is -2.06. The fourth-order valence-electron chi connectivity index (χ4n) is 2.20. The highest BCUT2D eigenvalue weighted by Crippen LogP contribution is 2.25. The highest BCUT2D eigenvalue weighted by molar-refractivity contribution is 9.10. The van der Waals surface area contributed by atoms with Gasteiger partial charge in [0, 0.05) is 10.0 Å². The van der Waals surface area contributed by atoms with Crippen molar-refractivity contribution >= 4 is 33.6 Å². The molecular weight excluding hydrogens is 346 g/mol. The molecule has 0 aliphatic heterocycles. The van der Waals surface area contributed by atoms with Gasteiger partial charge in [0.15, 0.2) is 11.5 Å². The number of rotatable bonds is 3. The van der Waals surface area contributed by atoms with Gasteiger partial charge in [0.05, 0.1) is 12.8 Å². The molecule has 0 bridgehead atoms. The third-order valence-electron chi connectivity index (χ3n) is 3.21. The zero-order valence-corrected chi connectivity index (χ0v) is 13.4. The van der Waals surface area contributed by atoms with Crippen LogP contribution in [0.25, 0.3) is 23.0 Å². The minimum Gasteiger partial charge on any atom is -0.465 e. The number of fused-ring (bicyclic) bond motifs is 1. The first kappa shape index (κ1) is 14.5. The molecule has 0 saturated carbocycles. The second-order valence-corrected chi connectivity index (χ2v) is 5.46. The summed E-state index contributed by atoms with van der Waals surface area (Å²) >= 11 is 3.46. The van der Waals surface area contributed by atoms with Crippen LogP contribution >= 0.6 is 15.9 Å². The van der Waals surface area contributed by atoms with Gasteiger partial charge in [-0.2, -0.15) is 0 Å². The second-order valence-electron chi connectivity index (χ2n) is 4.54. The third kappa shape index (κ3) is 2.42. The lowest BCUT2D eigenvalue weighted by Gasteiger charge is -2.07. The van der Waals surface area contributed by atoms with E-state index in [0.717, 1.165) is 15.7 Å². The molecule has 0 radical (unpaired) electrons. The number of benzene rings is 1. The predicted molar refractivity (Wildman–Crippen MR) is 87.6 cm³/mol. The Morgan fingerprint density at radius 3 is 2.86 bits per heavy atom. The molecule has 2 aromatic heterocycles. The van der Waals surface area contributed by atoms with E-state index in [9.17, 15) is 4.79 Å². The van der Waals surface area contributed by atoms with E-state index in [1.807, 2.05) is 30.3 Å². The zero-order valence-electron chi connectivity index (χ0n) is 11.8. The van der Waals surface area contributed by atoms with Crippen LogP contribution in [0.2, 0.25) is 0 Å². The van der Waals surface area contributed by atoms with Crippen LogP contribution in [-0.4, -0.2) is 27.7 Å². The molecule has 110 valence electrons. The van der Waals surface area contributed by atoms with Crippen LogP contribution in [0, 0.1) is 0 Å². The SMILES string of the molecule is C=Cc1nc2c(C(=O)OC)ccc(-c3cccc(Br)c3)n2n1. The van der Waals surface area contributed by atoms with Crippen molar-refractivity contribution < 1.29 is 9.53 Å². The van der Waals surface area contributed by atoms with Crippen molar-refractivity contribution in [2.75, 3.05) is 7.11 Å². The summed E-state index contributed by atoms with van der Waals surface area (Å²) < 4.78 is 7.39. The number of carbonyl (C=O) groups is 1. The average molecular weight is 358 g/mol. The molecule has 0 N–H and O–H groups in total. The summed E-state index contributed by atoms with van der Waals surface area (Å²) in [6, 6.07) is 11.3. The van der Waals surface area contributed by atoms with E-state index in [4.69, 9.17) is 4.74 Å². The first-order valence-corrected chi connectivity index (χ1v) is 7.30. The van der Waals surface area contributed by atoms with Gasteiger partial charge >= 0.3 is 5.97 Å². The number of esters is 1. The van der Waals surface area contributed by atoms with Crippen LogP contribution < -0.4 is 0 Å². The molecular formula is C16H12BrN3O2. The topological polar surface area (TPSA) is 56.5 Å². The second kappa shape index (κ2) is 5.73. The summed E-state index contributed by atoms with van der Waals surface area (Å²) in [6.07, 6.45) is 1.54. The third-order valence-corrected chi connectivity index (χ3v) is 3.70. The van der Waals surface area contributed by atoms with Gasteiger partial charge in [0.1, 0.15) is 5.56 Å². The van der Waals surface area contributed by atoms with Crippen molar-refractivity contribution in [3.8, 4) is 11.3 Å². The van der Waals surface area contributed by atoms with Crippen molar-refractivity contribution in [3.63, 3.8) is 0 Å². The van der Waals surface area contributed by atoms with Gasteiger partial charge in [-0.05, 0) is 30.3 Å². The summed E-state index contributed by atoms with van der Waals surface area (Å²) in [4.78, 5) is 16.2. The first-order chi connectivity index (χ1) is 10.6. The van der Waals surface area contributed by atoms with Gasteiger partial charge in [-0.3, -0.25) is 0 Å². The number of hydrogen-bond acceptors (Lipinski definition) is 4. The summed E-state index contributed by atoms with van der Waals surface area (Å²) in [7, 11) is 1.34. The average Bonchev–Trinajstić information content (AvgIpc) is 2.97. The molecule has 0 aliphatic carbocycles. The lowest BCUT2D eigenvalue weighted by atomic mass is 10.1. The van der Waals surface area contributed by atoms with Gasteiger partial charge in [-0.15, -0.1) is 5.10 Å². The number of carbonyl (C=O) groups excluding carboxylic acids is 1. The number of aromatic nitrogens is 3. The lowest BCUT2D eigenvalue weighted by molar-refractivity contribution is 0.0602. The molecule has 5 nitrogen and oxygen atoms in total. The molecule has 0 saturated heterocycles. The van der Waals surface area contributed by atoms with Crippen molar-refractivity contribution in [1.29, 1.82) is 0 Å². The predicted octanol–water partition coefficient (Wildman–Crippen LogP) is 3.59. The fourth-order valence-corrected chi connectivity index (χ4v) is 2.60. The van der Waals surface area contributed by atoms with E-state index in [2.05, 4.69) is 32.6 Å². The quantitative estimate of drug-likeness (QED) is 0.672. The minimum absolute atomic E-state index is 0.363. The summed E-state index contributed by atoms with van der Waals surface area (Å²) in [5, 5.41) is 4.38. The van der Waals surface area contributed by atoms with Crippen molar-refractivity contribution in [3.05, 3.63) is 58.8 Å². The number of hydrogen-bond donors (Lipinski definition) is 0. The molecule has 2 heterocycles. The normalized spacial score (nSPS) is 10.6. The Kier molecular flexibility index (Phi) is 3.77. The Labute approximate surface area is 135 Å². The van der Waals surface area contributed by atoms with Crippen molar-refractivity contribution in [1.82, 2.24) is 14.6 Å². The molecule has 22 heavy (non-hydrogen) atoms. The molecule has 0 atom stereocenters. The van der Waals surface area contributed by atoms with E-state index >= 15 is 0 Å². The maximum atomic E-state index is 11.9. The first-order valence-electron chi connectivity index (χ1n) is 6.50. The van der Waals surface area contributed by atoms with E-state index in [1.165, 1.54) is 7.11 Å². The Balaban J connectivity index is 2.31. The van der Waals surface area contributed by atoms with Crippen LogP contribution in [-0.2, 0) is 4.74 Å². The highest BCUT2D eigenvalue weighted by Gasteiger charge is 2.17. The van der Waals surface area contributed by atoms with Crippen LogP contribution in [0.4, 0.5) is 0 Å². The summed E-state index contributed by atoms with van der Waals surface area (Å²) in [6.45, 7) is 3.68. The molecule has 3 rings (SSSR count). The molecule has 1 aromatic carbocycles. The van der Waals surface area contributed by atoms with E-state index in [-0.39, 0.29) is 0 Å². The number of methoxy groups -OCH3 is 1.